The summed E-state index contributed by atoms with van der Waals surface area (Å²) < 4.78 is 12.8. The maximum absolute atomic E-state index is 12.1. The van der Waals surface area contributed by atoms with E-state index in [0.29, 0.717) is 17.3 Å². The van der Waals surface area contributed by atoms with Crippen LogP contribution in [0.4, 0.5) is 5.69 Å². The van der Waals surface area contributed by atoms with E-state index in [1.54, 1.807) is 18.7 Å². The molecule has 2 aromatic rings. The van der Waals surface area contributed by atoms with Crippen molar-refractivity contribution in [2.75, 3.05) is 18.5 Å². The van der Waals surface area contributed by atoms with Gasteiger partial charge < -0.3 is 14.8 Å². The summed E-state index contributed by atoms with van der Waals surface area (Å²) in [6, 6.07) is 7.63. The maximum Gasteiger partial charge on any atom is 0.356 e. The van der Waals surface area contributed by atoms with Gasteiger partial charge in [-0.05, 0) is 44.0 Å². The van der Waals surface area contributed by atoms with Crippen LogP contribution in [0.15, 0.2) is 24.3 Å². The number of ether oxygens (including phenoxy) is 2. The monoisotopic (exact) mass is 375 g/mol. The number of nitrogens with one attached hydrogen (secondary N) is 1. The fourth-order valence-corrected chi connectivity index (χ4v) is 4.15. The fraction of sp³-hybridized carbons (Fsp3) is 0.474. The van der Waals surface area contributed by atoms with Gasteiger partial charge in [-0.1, -0.05) is 11.6 Å². The highest BCUT2D eigenvalue weighted by molar-refractivity contribution is 6.30. The molecule has 0 aliphatic carbocycles. The Morgan fingerprint density at radius 3 is 3.12 bits per heavy atom. The molecule has 6 nitrogen and oxygen atoms in total. The SMILES string of the molecule is CCOC(=O)c1cc([C@H]2Nc3ccc(Cl)cc3[C@@H]3OCCC[C@H]23)nn1C. The summed E-state index contributed by atoms with van der Waals surface area (Å²) in [5, 5.41) is 8.88. The van der Waals surface area contributed by atoms with E-state index in [2.05, 4.69) is 10.4 Å². The van der Waals surface area contributed by atoms with E-state index in [-0.39, 0.29) is 24.0 Å². The van der Waals surface area contributed by atoms with Crippen LogP contribution in [0.3, 0.4) is 0 Å². The number of carbonyl (C=O) groups excluding carboxylic acids is 1. The molecule has 1 saturated heterocycles. The average Bonchev–Trinajstić information content (AvgIpc) is 3.03. The lowest BCUT2D eigenvalue weighted by atomic mass is 9.79. The molecule has 26 heavy (non-hydrogen) atoms. The lowest BCUT2D eigenvalue weighted by molar-refractivity contribution is -0.0385. The van der Waals surface area contributed by atoms with Crippen LogP contribution in [0.2, 0.25) is 5.02 Å². The Hall–Kier alpha value is -2.05. The lowest BCUT2D eigenvalue weighted by Gasteiger charge is -2.42. The number of carbonyl (C=O) groups is 1. The molecule has 0 spiro atoms. The highest BCUT2D eigenvalue weighted by Crippen LogP contribution is 2.49. The number of nitrogens with zero attached hydrogens (tertiary/aromatic N) is 2. The summed E-state index contributed by atoms with van der Waals surface area (Å²) in [5.41, 5.74) is 3.39. The zero-order chi connectivity index (χ0) is 18.3. The number of esters is 1. The number of hydrogen-bond acceptors (Lipinski definition) is 5. The van der Waals surface area contributed by atoms with Crippen LogP contribution in [0.1, 0.15) is 53.7 Å². The van der Waals surface area contributed by atoms with Gasteiger partial charge in [-0.25, -0.2) is 4.79 Å². The van der Waals surface area contributed by atoms with Gasteiger partial charge in [-0.15, -0.1) is 0 Å². The van der Waals surface area contributed by atoms with E-state index in [9.17, 15) is 4.79 Å². The van der Waals surface area contributed by atoms with Gasteiger partial charge >= 0.3 is 5.97 Å². The van der Waals surface area contributed by atoms with Gasteiger partial charge in [-0.3, -0.25) is 4.68 Å². The van der Waals surface area contributed by atoms with Crippen molar-refractivity contribution < 1.29 is 14.3 Å². The number of aryl methyl sites for hydroxylation is 1. The van der Waals surface area contributed by atoms with Gasteiger partial charge in [-0.2, -0.15) is 5.10 Å². The van der Waals surface area contributed by atoms with Gasteiger partial charge in [0.1, 0.15) is 5.69 Å². The predicted molar refractivity (Wildman–Crippen MR) is 98.4 cm³/mol. The lowest BCUT2D eigenvalue weighted by Crippen LogP contribution is -2.36. The maximum atomic E-state index is 12.1. The Bertz CT molecular complexity index is 835. The number of halogens is 1. The number of aromatic nitrogens is 2. The van der Waals surface area contributed by atoms with Crippen molar-refractivity contribution in [1.82, 2.24) is 9.78 Å². The molecule has 0 amide bonds. The summed E-state index contributed by atoms with van der Waals surface area (Å²) in [6.45, 7) is 2.88. The minimum atomic E-state index is -0.354. The van der Waals surface area contributed by atoms with Crippen molar-refractivity contribution >= 4 is 23.3 Å². The van der Waals surface area contributed by atoms with Crippen molar-refractivity contribution in [3.63, 3.8) is 0 Å². The molecule has 0 bridgehead atoms. The zero-order valence-electron chi connectivity index (χ0n) is 14.9. The second-order valence-corrected chi connectivity index (χ2v) is 7.19. The molecule has 1 aromatic carbocycles. The van der Waals surface area contributed by atoms with E-state index in [1.165, 1.54) is 0 Å². The van der Waals surface area contributed by atoms with Crippen LogP contribution in [0.25, 0.3) is 0 Å². The van der Waals surface area contributed by atoms with Crippen LogP contribution in [-0.2, 0) is 16.5 Å². The standard InChI is InChI=1S/C19H22ClN3O3/c1-3-25-19(24)16-10-15(22-23(16)2)17-12-5-4-8-26-18(12)13-9-11(20)6-7-14(13)21-17/h6-7,9-10,12,17-18,21H,3-5,8H2,1-2H3/t12-,17+,18-/m1/s1. The largest absolute Gasteiger partial charge is 0.461 e. The van der Waals surface area contributed by atoms with Crippen molar-refractivity contribution in [3.05, 3.63) is 46.2 Å². The van der Waals surface area contributed by atoms with E-state index in [0.717, 1.165) is 36.4 Å². The van der Waals surface area contributed by atoms with Gasteiger partial charge in [0, 0.05) is 35.8 Å². The Morgan fingerprint density at radius 2 is 2.31 bits per heavy atom. The number of hydrogen-bond donors (Lipinski definition) is 1. The first-order valence-corrected chi connectivity index (χ1v) is 9.35. The number of benzene rings is 1. The molecule has 0 unspecified atom stereocenters. The third-order valence-corrected chi connectivity index (χ3v) is 5.36. The second-order valence-electron chi connectivity index (χ2n) is 6.75. The molecule has 1 fully saturated rings. The smallest absolute Gasteiger partial charge is 0.356 e. The van der Waals surface area contributed by atoms with E-state index >= 15 is 0 Å². The summed E-state index contributed by atoms with van der Waals surface area (Å²) in [7, 11) is 1.77. The first-order chi connectivity index (χ1) is 12.6. The summed E-state index contributed by atoms with van der Waals surface area (Å²) in [4.78, 5) is 12.1. The molecule has 2 aliphatic heterocycles. The fourth-order valence-electron chi connectivity index (χ4n) is 3.97. The van der Waals surface area contributed by atoms with Gasteiger partial charge in [0.25, 0.3) is 0 Å². The van der Waals surface area contributed by atoms with Gasteiger partial charge in [0.15, 0.2) is 0 Å². The Morgan fingerprint density at radius 1 is 1.46 bits per heavy atom. The number of rotatable bonds is 3. The number of fused-ring (bicyclic) bond motifs is 3. The predicted octanol–water partition coefficient (Wildman–Crippen LogP) is 3.88. The average molecular weight is 376 g/mol. The topological polar surface area (TPSA) is 65.4 Å². The molecular formula is C19H22ClN3O3. The van der Waals surface area contributed by atoms with Crippen LogP contribution in [0.5, 0.6) is 0 Å². The first-order valence-electron chi connectivity index (χ1n) is 8.97. The van der Waals surface area contributed by atoms with E-state index in [1.807, 2.05) is 24.3 Å². The van der Waals surface area contributed by atoms with Gasteiger partial charge in [0.2, 0.25) is 0 Å². The van der Waals surface area contributed by atoms with Crippen molar-refractivity contribution in [3.8, 4) is 0 Å². The molecule has 0 saturated carbocycles. The third kappa shape index (κ3) is 2.97. The van der Waals surface area contributed by atoms with E-state index < -0.39 is 0 Å². The minimum Gasteiger partial charge on any atom is -0.461 e. The molecule has 1 aromatic heterocycles. The number of anilines is 1. The van der Waals surface area contributed by atoms with Crippen molar-refractivity contribution in [2.45, 2.75) is 31.9 Å². The summed E-state index contributed by atoms with van der Waals surface area (Å²) >= 11 is 6.20. The van der Waals surface area contributed by atoms with Crippen LogP contribution >= 0.6 is 11.6 Å². The molecule has 2 aliphatic rings. The highest BCUT2D eigenvalue weighted by atomic mass is 35.5. The molecular weight excluding hydrogens is 354 g/mol. The third-order valence-electron chi connectivity index (χ3n) is 5.13. The van der Waals surface area contributed by atoms with E-state index in [4.69, 9.17) is 21.1 Å². The molecule has 1 N–H and O–H groups in total. The normalized spacial score (nSPS) is 24.3. The molecule has 3 heterocycles. The quantitative estimate of drug-likeness (QED) is 0.824. The Kier molecular flexibility index (Phi) is 4.63. The van der Waals surface area contributed by atoms with Crippen LogP contribution < -0.4 is 5.32 Å². The van der Waals surface area contributed by atoms with Crippen LogP contribution in [-0.4, -0.2) is 29.0 Å². The van der Waals surface area contributed by atoms with Crippen molar-refractivity contribution in [2.24, 2.45) is 13.0 Å². The molecule has 4 rings (SSSR count). The molecule has 3 atom stereocenters. The molecule has 138 valence electrons. The van der Waals surface area contributed by atoms with Gasteiger partial charge in [0.05, 0.1) is 24.4 Å². The van der Waals surface area contributed by atoms with Crippen molar-refractivity contribution in [1.29, 1.82) is 0 Å². The Labute approximate surface area is 157 Å². The zero-order valence-corrected chi connectivity index (χ0v) is 15.6. The molecule has 7 heteroatoms. The second kappa shape index (κ2) is 6.93. The highest BCUT2D eigenvalue weighted by Gasteiger charge is 2.41. The Balaban J connectivity index is 1.71. The summed E-state index contributed by atoms with van der Waals surface area (Å²) in [5.74, 6) is -0.118. The summed E-state index contributed by atoms with van der Waals surface area (Å²) in [6.07, 6.45) is 2.02. The van der Waals surface area contributed by atoms with Crippen LogP contribution in [0, 0.1) is 5.92 Å². The first kappa shape index (κ1) is 17.4. The molecule has 0 radical (unpaired) electrons. The minimum absolute atomic E-state index is 0.0169.